The number of carbonyl (C=O) groups excluding carboxylic acids is 1. The fourth-order valence-electron chi connectivity index (χ4n) is 1.33. The van der Waals surface area contributed by atoms with Gasteiger partial charge >= 0.3 is 0 Å². The molecule has 3 nitrogen and oxygen atoms in total. The zero-order valence-electron chi connectivity index (χ0n) is 8.64. The number of ketones is 1. The number of hydrogen-bond acceptors (Lipinski definition) is 3. The summed E-state index contributed by atoms with van der Waals surface area (Å²) in [5.74, 6) is -0.511. The summed E-state index contributed by atoms with van der Waals surface area (Å²) >= 11 is 0. The van der Waals surface area contributed by atoms with Crippen LogP contribution in [0.15, 0.2) is 36.7 Å². The van der Waals surface area contributed by atoms with Crippen LogP contribution in [0.4, 0.5) is 4.39 Å². The summed E-state index contributed by atoms with van der Waals surface area (Å²) in [4.78, 5) is 19.6. The fraction of sp³-hybridized carbons (Fsp3) is 0.0833. The predicted molar refractivity (Wildman–Crippen MR) is 56.6 cm³/mol. The van der Waals surface area contributed by atoms with Gasteiger partial charge in [-0.05, 0) is 36.8 Å². The summed E-state index contributed by atoms with van der Waals surface area (Å²) in [7, 11) is 0. The molecule has 0 N–H and O–H groups in total. The van der Waals surface area contributed by atoms with Crippen molar-refractivity contribution < 1.29 is 9.18 Å². The summed E-state index contributed by atoms with van der Waals surface area (Å²) in [6.45, 7) is 1.61. The van der Waals surface area contributed by atoms with E-state index in [1.54, 1.807) is 13.0 Å². The van der Waals surface area contributed by atoms with Gasteiger partial charge in [-0.2, -0.15) is 0 Å². The van der Waals surface area contributed by atoms with Crippen LogP contribution in [-0.4, -0.2) is 15.8 Å². The van der Waals surface area contributed by atoms with Gasteiger partial charge in [-0.3, -0.25) is 4.79 Å². The Morgan fingerprint density at radius 3 is 2.56 bits per heavy atom. The normalized spacial score (nSPS) is 10.1. The highest BCUT2D eigenvalue weighted by atomic mass is 19.1. The van der Waals surface area contributed by atoms with Gasteiger partial charge in [-0.15, -0.1) is 0 Å². The summed E-state index contributed by atoms with van der Waals surface area (Å²) in [5.41, 5.74) is 0.826. The molecule has 0 amide bonds. The minimum absolute atomic E-state index is 0.119. The van der Waals surface area contributed by atoms with Crippen molar-refractivity contribution in [3.63, 3.8) is 0 Å². The van der Waals surface area contributed by atoms with E-state index in [2.05, 4.69) is 9.97 Å². The lowest BCUT2D eigenvalue weighted by Crippen LogP contribution is -2.06. The lowest BCUT2D eigenvalue weighted by molar-refractivity contribution is 0.102. The van der Waals surface area contributed by atoms with Crippen LogP contribution in [0.1, 0.15) is 21.7 Å². The molecule has 1 heterocycles. The van der Waals surface area contributed by atoms with Gasteiger partial charge in [0.05, 0.1) is 0 Å². The first-order valence-corrected chi connectivity index (χ1v) is 4.76. The van der Waals surface area contributed by atoms with E-state index >= 15 is 0 Å². The highest BCUT2D eigenvalue weighted by Crippen LogP contribution is 2.11. The number of halogens is 1. The number of carbonyl (C=O) groups is 1. The first kappa shape index (κ1) is 10.4. The molecule has 1 aromatic heterocycles. The lowest BCUT2D eigenvalue weighted by atomic mass is 10.1. The molecule has 0 spiro atoms. The molecule has 2 rings (SSSR count). The molecule has 0 bridgehead atoms. The van der Waals surface area contributed by atoms with E-state index in [0.29, 0.717) is 11.1 Å². The second-order valence-corrected chi connectivity index (χ2v) is 3.37. The molecule has 0 saturated heterocycles. The van der Waals surface area contributed by atoms with E-state index in [1.165, 1.54) is 30.6 Å². The van der Waals surface area contributed by atoms with Crippen LogP contribution >= 0.6 is 0 Å². The third-order valence-electron chi connectivity index (χ3n) is 2.19. The molecule has 0 fully saturated rings. The third kappa shape index (κ3) is 1.95. The Balaban J connectivity index is 2.39. The fourth-order valence-corrected chi connectivity index (χ4v) is 1.33. The van der Waals surface area contributed by atoms with E-state index < -0.39 is 0 Å². The topological polar surface area (TPSA) is 42.9 Å². The number of nitrogens with zero attached hydrogens (tertiary/aromatic N) is 2. The van der Waals surface area contributed by atoms with Crippen LogP contribution in [0.3, 0.4) is 0 Å². The van der Waals surface area contributed by atoms with E-state index in [4.69, 9.17) is 0 Å². The van der Waals surface area contributed by atoms with Crippen LogP contribution in [0, 0.1) is 12.7 Å². The maximum atomic E-state index is 13.0. The summed E-state index contributed by atoms with van der Waals surface area (Å²) < 4.78 is 13.0. The van der Waals surface area contributed by atoms with Crippen molar-refractivity contribution in [3.8, 4) is 0 Å². The Morgan fingerprint density at radius 2 is 1.94 bits per heavy atom. The molecule has 16 heavy (non-hydrogen) atoms. The highest BCUT2D eigenvalue weighted by molar-refractivity contribution is 6.06. The first-order chi connectivity index (χ1) is 7.68. The zero-order chi connectivity index (χ0) is 11.5. The number of aryl methyl sites for hydroxylation is 1. The molecule has 0 atom stereocenters. The monoisotopic (exact) mass is 216 g/mol. The Labute approximate surface area is 92.0 Å². The molecule has 0 aliphatic rings. The van der Waals surface area contributed by atoms with Crippen molar-refractivity contribution >= 4 is 5.78 Å². The zero-order valence-corrected chi connectivity index (χ0v) is 8.64. The molecular weight excluding hydrogens is 207 g/mol. The molecule has 1 aromatic carbocycles. The number of rotatable bonds is 2. The second-order valence-electron chi connectivity index (χ2n) is 3.37. The van der Waals surface area contributed by atoms with E-state index in [1.807, 2.05) is 0 Å². The number of hydrogen-bond donors (Lipinski definition) is 0. The average Bonchev–Trinajstić information content (AvgIpc) is 2.33. The second kappa shape index (κ2) is 4.18. The molecule has 0 aliphatic heterocycles. The molecule has 80 valence electrons. The predicted octanol–water partition coefficient (Wildman–Crippen LogP) is 2.16. The van der Waals surface area contributed by atoms with Crippen molar-refractivity contribution in [2.75, 3.05) is 0 Å². The van der Waals surface area contributed by atoms with Crippen LogP contribution in [-0.2, 0) is 0 Å². The van der Waals surface area contributed by atoms with E-state index in [0.717, 1.165) is 0 Å². The Kier molecular flexibility index (Phi) is 2.72. The van der Waals surface area contributed by atoms with E-state index in [-0.39, 0.29) is 17.4 Å². The van der Waals surface area contributed by atoms with Gasteiger partial charge in [0, 0.05) is 18.0 Å². The van der Waals surface area contributed by atoms with Gasteiger partial charge in [0.1, 0.15) is 5.82 Å². The summed E-state index contributed by atoms with van der Waals surface area (Å²) in [6.07, 6.45) is 2.99. The Morgan fingerprint density at radius 1 is 1.25 bits per heavy atom. The van der Waals surface area contributed by atoms with Gasteiger partial charge in [-0.25, -0.2) is 14.4 Å². The van der Waals surface area contributed by atoms with Crippen LogP contribution in [0.5, 0.6) is 0 Å². The van der Waals surface area contributed by atoms with Gasteiger partial charge in [0.2, 0.25) is 11.6 Å². The maximum Gasteiger partial charge on any atom is 0.230 e. The first-order valence-electron chi connectivity index (χ1n) is 4.76. The molecule has 4 heteroatoms. The Hall–Kier alpha value is -2.10. The van der Waals surface area contributed by atoms with Crippen molar-refractivity contribution in [2.45, 2.75) is 6.92 Å². The van der Waals surface area contributed by atoms with Crippen LogP contribution < -0.4 is 0 Å². The van der Waals surface area contributed by atoms with Gasteiger partial charge in [0.25, 0.3) is 0 Å². The van der Waals surface area contributed by atoms with Gasteiger partial charge in [-0.1, -0.05) is 0 Å². The molecule has 0 aliphatic carbocycles. The lowest BCUT2D eigenvalue weighted by Gasteiger charge is -2.01. The number of benzene rings is 1. The summed E-state index contributed by atoms with van der Waals surface area (Å²) in [5, 5.41) is 0. The van der Waals surface area contributed by atoms with Crippen molar-refractivity contribution in [1.29, 1.82) is 0 Å². The molecule has 0 radical (unpaired) electrons. The van der Waals surface area contributed by atoms with Gasteiger partial charge in [0.15, 0.2) is 0 Å². The SMILES string of the molecule is Cc1cc(C(=O)c2ncccn2)ccc1F. The van der Waals surface area contributed by atoms with Crippen LogP contribution in [0.25, 0.3) is 0 Å². The van der Waals surface area contributed by atoms with Crippen molar-refractivity contribution in [1.82, 2.24) is 9.97 Å². The third-order valence-corrected chi connectivity index (χ3v) is 2.19. The largest absolute Gasteiger partial charge is 0.285 e. The number of aromatic nitrogens is 2. The smallest absolute Gasteiger partial charge is 0.230 e. The molecule has 0 unspecified atom stereocenters. The average molecular weight is 216 g/mol. The van der Waals surface area contributed by atoms with Crippen molar-refractivity contribution in [3.05, 3.63) is 59.4 Å². The minimum Gasteiger partial charge on any atom is -0.285 e. The van der Waals surface area contributed by atoms with E-state index in [9.17, 15) is 9.18 Å². The quantitative estimate of drug-likeness (QED) is 0.722. The van der Waals surface area contributed by atoms with Gasteiger partial charge < -0.3 is 0 Å². The summed E-state index contributed by atoms with van der Waals surface area (Å²) in [6, 6.07) is 5.83. The maximum absolute atomic E-state index is 13.0. The van der Waals surface area contributed by atoms with Crippen molar-refractivity contribution in [2.24, 2.45) is 0 Å². The minimum atomic E-state index is -0.328. The molecular formula is C12H9FN2O. The Bertz CT molecular complexity index is 526. The highest BCUT2D eigenvalue weighted by Gasteiger charge is 2.12. The molecule has 2 aromatic rings. The molecule has 0 saturated carbocycles. The van der Waals surface area contributed by atoms with Crippen LogP contribution in [0.2, 0.25) is 0 Å². The standard InChI is InChI=1S/C12H9FN2O/c1-8-7-9(3-4-10(8)13)11(16)12-14-5-2-6-15-12/h2-7H,1H3.